The number of hydrogen-bond acceptors (Lipinski definition) is 5. The third-order valence-corrected chi connectivity index (χ3v) is 5.86. The minimum atomic E-state index is -0.637. The molecule has 2 aromatic heterocycles. The summed E-state index contributed by atoms with van der Waals surface area (Å²) in [7, 11) is 0. The third-order valence-electron chi connectivity index (χ3n) is 4.99. The van der Waals surface area contributed by atoms with Gasteiger partial charge in [0, 0.05) is 23.7 Å². The van der Waals surface area contributed by atoms with Gasteiger partial charge in [0.1, 0.15) is 0 Å². The summed E-state index contributed by atoms with van der Waals surface area (Å²) < 4.78 is 0. The number of ketones is 1. The van der Waals surface area contributed by atoms with Crippen molar-refractivity contribution in [2.75, 3.05) is 0 Å². The average molecular weight is 404 g/mol. The Morgan fingerprint density at radius 2 is 1.93 bits per heavy atom. The molecule has 1 aromatic carbocycles. The van der Waals surface area contributed by atoms with Crippen molar-refractivity contribution in [1.29, 1.82) is 0 Å². The summed E-state index contributed by atoms with van der Waals surface area (Å²) in [6.45, 7) is 0.329. The van der Waals surface area contributed by atoms with Crippen molar-refractivity contribution in [2.45, 2.75) is 25.4 Å². The summed E-state index contributed by atoms with van der Waals surface area (Å²) in [5, 5.41) is 12.5. The predicted molar refractivity (Wildman–Crippen MR) is 111 cm³/mol. The molecule has 4 rings (SSSR count). The van der Waals surface area contributed by atoms with Gasteiger partial charge in [-0.15, -0.1) is 11.3 Å². The van der Waals surface area contributed by atoms with E-state index in [1.54, 1.807) is 23.4 Å². The highest BCUT2D eigenvalue weighted by molar-refractivity contribution is 7.09. The van der Waals surface area contributed by atoms with Crippen LogP contribution in [0.25, 0.3) is 0 Å². The van der Waals surface area contributed by atoms with Crippen LogP contribution in [0.3, 0.4) is 0 Å². The number of rotatable bonds is 7. The fourth-order valence-corrected chi connectivity index (χ4v) is 4.30. The van der Waals surface area contributed by atoms with Crippen molar-refractivity contribution in [2.24, 2.45) is 0 Å². The second-order valence-electron chi connectivity index (χ2n) is 6.87. The summed E-state index contributed by atoms with van der Waals surface area (Å²) in [6.07, 6.45) is 4.06. The minimum absolute atomic E-state index is 0.162. The normalized spacial score (nSPS) is 16.5. The molecule has 0 aliphatic carbocycles. The molecule has 1 unspecified atom stereocenters. The molecule has 0 radical (unpaired) electrons. The van der Waals surface area contributed by atoms with Gasteiger partial charge in [0.2, 0.25) is 0 Å². The molecular formula is C23H20N2O3S. The number of Topliss-reactive ketones (excluding diaryl/α,β-unsaturated/α-hetero) is 1. The molecule has 0 spiro atoms. The lowest BCUT2D eigenvalue weighted by atomic mass is 9.94. The van der Waals surface area contributed by atoms with Gasteiger partial charge < -0.3 is 10.0 Å². The molecule has 0 saturated carbocycles. The van der Waals surface area contributed by atoms with E-state index in [2.05, 4.69) is 4.98 Å². The predicted octanol–water partition coefficient (Wildman–Crippen LogP) is 4.24. The number of thiophene rings is 1. The van der Waals surface area contributed by atoms with Crippen molar-refractivity contribution < 1.29 is 14.7 Å². The summed E-state index contributed by atoms with van der Waals surface area (Å²) >= 11 is 1.53. The average Bonchev–Trinajstić information content (AvgIpc) is 3.36. The second-order valence-corrected chi connectivity index (χ2v) is 7.90. The number of carbonyl (C=O) groups excluding carboxylic acids is 2. The van der Waals surface area contributed by atoms with E-state index in [1.807, 2.05) is 53.9 Å². The van der Waals surface area contributed by atoms with E-state index in [-0.39, 0.29) is 17.8 Å². The maximum absolute atomic E-state index is 13.1. The summed E-state index contributed by atoms with van der Waals surface area (Å²) in [4.78, 5) is 32.6. The summed E-state index contributed by atoms with van der Waals surface area (Å²) in [5.41, 5.74) is 1.92. The molecule has 1 aliphatic heterocycles. The van der Waals surface area contributed by atoms with E-state index in [4.69, 9.17) is 0 Å². The Labute approximate surface area is 173 Å². The number of nitrogens with zero attached hydrogens (tertiary/aromatic N) is 2. The maximum atomic E-state index is 13.1. The van der Waals surface area contributed by atoms with Gasteiger partial charge in [0.15, 0.2) is 11.5 Å². The van der Waals surface area contributed by atoms with E-state index in [9.17, 15) is 14.7 Å². The van der Waals surface area contributed by atoms with E-state index >= 15 is 0 Å². The number of aryl methyl sites for hydroxylation is 1. The zero-order valence-electron chi connectivity index (χ0n) is 15.7. The lowest BCUT2D eigenvalue weighted by molar-refractivity contribution is -0.130. The van der Waals surface area contributed by atoms with Crippen molar-refractivity contribution in [3.8, 4) is 0 Å². The molecule has 0 saturated heterocycles. The molecule has 5 nitrogen and oxygen atoms in total. The number of aromatic nitrogens is 1. The molecule has 1 N–H and O–H groups in total. The Kier molecular flexibility index (Phi) is 5.53. The van der Waals surface area contributed by atoms with Crippen LogP contribution in [0.1, 0.15) is 28.5 Å². The quantitative estimate of drug-likeness (QED) is 0.639. The molecule has 0 bridgehead atoms. The largest absolute Gasteiger partial charge is 0.503 e. The highest BCUT2D eigenvalue weighted by Gasteiger charge is 2.43. The van der Waals surface area contributed by atoms with Crippen LogP contribution in [-0.4, -0.2) is 26.7 Å². The highest BCUT2D eigenvalue weighted by Crippen LogP contribution is 2.39. The van der Waals surface area contributed by atoms with Crippen LogP contribution in [0.4, 0.5) is 0 Å². The van der Waals surface area contributed by atoms with Gasteiger partial charge in [-0.3, -0.25) is 14.6 Å². The standard InChI is InChI=1S/C23H20N2O3S/c26-19(11-10-16-6-2-1-3-7-16)20-21(17-8-4-12-24-14-17)25(23(28)22(20)27)15-18-9-5-13-29-18/h1-9,12-14,21,27H,10-11,15H2. The van der Waals surface area contributed by atoms with Gasteiger partial charge in [0.05, 0.1) is 18.2 Å². The number of pyridine rings is 1. The van der Waals surface area contributed by atoms with E-state index in [1.165, 1.54) is 11.3 Å². The lowest BCUT2D eigenvalue weighted by Crippen LogP contribution is -2.30. The topological polar surface area (TPSA) is 70.5 Å². The Hall–Kier alpha value is -3.25. The molecule has 1 amide bonds. The number of amides is 1. The smallest absolute Gasteiger partial charge is 0.290 e. The maximum Gasteiger partial charge on any atom is 0.290 e. The molecule has 6 heteroatoms. The first-order valence-electron chi connectivity index (χ1n) is 9.38. The Morgan fingerprint density at radius 1 is 1.10 bits per heavy atom. The molecule has 29 heavy (non-hydrogen) atoms. The van der Waals surface area contributed by atoms with Crippen LogP contribution in [0.15, 0.2) is 83.7 Å². The number of benzene rings is 1. The minimum Gasteiger partial charge on any atom is -0.503 e. The zero-order chi connectivity index (χ0) is 20.2. The first-order chi connectivity index (χ1) is 14.1. The first kappa shape index (κ1) is 19.1. The Balaban J connectivity index is 1.64. The van der Waals surface area contributed by atoms with Gasteiger partial charge >= 0.3 is 0 Å². The van der Waals surface area contributed by atoms with Crippen LogP contribution in [0.5, 0.6) is 0 Å². The van der Waals surface area contributed by atoms with Crippen molar-refractivity contribution >= 4 is 23.0 Å². The Morgan fingerprint density at radius 3 is 2.62 bits per heavy atom. The van der Waals surface area contributed by atoms with Gasteiger partial charge in [0.25, 0.3) is 5.91 Å². The second kappa shape index (κ2) is 8.41. The summed E-state index contributed by atoms with van der Waals surface area (Å²) in [5.74, 6) is -1.19. The van der Waals surface area contributed by atoms with Crippen LogP contribution in [-0.2, 0) is 22.6 Å². The van der Waals surface area contributed by atoms with E-state index in [0.29, 0.717) is 18.5 Å². The van der Waals surface area contributed by atoms with Crippen LogP contribution in [0.2, 0.25) is 0 Å². The lowest BCUT2D eigenvalue weighted by Gasteiger charge is -2.26. The zero-order valence-corrected chi connectivity index (χ0v) is 16.5. The molecule has 146 valence electrons. The van der Waals surface area contributed by atoms with E-state index in [0.717, 1.165) is 10.4 Å². The number of hydrogen-bond donors (Lipinski definition) is 1. The van der Waals surface area contributed by atoms with E-state index < -0.39 is 17.7 Å². The van der Waals surface area contributed by atoms with Crippen LogP contribution in [0, 0.1) is 0 Å². The molecule has 1 atom stereocenters. The number of aliphatic hydroxyl groups is 1. The molecular weight excluding hydrogens is 384 g/mol. The molecule has 0 fully saturated rings. The molecule has 1 aliphatic rings. The van der Waals surface area contributed by atoms with Crippen molar-refractivity contribution in [3.63, 3.8) is 0 Å². The number of aliphatic hydroxyl groups excluding tert-OH is 1. The van der Waals surface area contributed by atoms with Gasteiger partial charge in [-0.05, 0) is 35.1 Å². The SMILES string of the molecule is O=C(CCc1ccccc1)C1=C(O)C(=O)N(Cc2cccs2)C1c1cccnc1. The monoisotopic (exact) mass is 404 g/mol. The van der Waals surface area contributed by atoms with Crippen LogP contribution >= 0.6 is 11.3 Å². The first-order valence-corrected chi connectivity index (χ1v) is 10.3. The van der Waals surface area contributed by atoms with Crippen molar-refractivity contribution in [3.05, 3.63) is 99.7 Å². The molecule has 3 aromatic rings. The third kappa shape index (κ3) is 3.98. The summed E-state index contributed by atoms with van der Waals surface area (Å²) in [6, 6.07) is 16.5. The number of carbonyl (C=O) groups is 2. The van der Waals surface area contributed by atoms with Gasteiger partial charge in [-0.2, -0.15) is 0 Å². The fraction of sp³-hybridized carbons (Fsp3) is 0.174. The van der Waals surface area contributed by atoms with Gasteiger partial charge in [-0.1, -0.05) is 42.5 Å². The molecule has 3 heterocycles. The fourth-order valence-electron chi connectivity index (χ4n) is 3.59. The van der Waals surface area contributed by atoms with Gasteiger partial charge in [-0.25, -0.2) is 0 Å². The van der Waals surface area contributed by atoms with Crippen LogP contribution < -0.4 is 0 Å². The van der Waals surface area contributed by atoms with Crippen molar-refractivity contribution in [1.82, 2.24) is 9.88 Å². The Bertz CT molecular complexity index is 1030. The highest BCUT2D eigenvalue weighted by atomic mass is 32.1.